The summed E-state index contributed by atoms with van der Waals surface area (Å²) in [6, 6.07) is 0. The molecule has 0 bridgehead atoms. The van der Waals surface area contributed by atoms with Gasteiger partial charge in [-0.3, -0.25) is 0 Å². The standard InChI is InChI=1S/C4H10O2.W/c1-4(6)2-3-5;/h4-6H,2-3H2,1H3;. The second-order valence-corrected chi connectivity index (χ2v) is 1.36. The summed E-state index contributed by atoms with van der Waals surface area (Å²) in [5.74, 6) is 0. The van der Waals surface area contributed by atoms with Gasteiger partial charge in [-0.15, -0.1) is 0 Å². The topological polar surface area (TPSA) is 40.5 Å². The molecule has 0 fully saturated rings. The van der Waals surface area contributed by atoms with Crippen LogP contribution in [0.2, 0.25) is 0 Å². The molecule has 0 aliphatic carbocycles. The molecule has 0 spiro atoms. The van der Waals surface area contributed by atoms with Crippen LogP contribution in [0.5, 0.6) is 0 Å². The quantitative estimate of drug-likeness (QED) is 0.728. The summed E-state index contributed by atoms with van der Waals surface area (Å²) in [6.07, 6.45) is 0.134. The fourth-order valence-corrected chi connectivity index (χ4v) is 0.187. The first kappa shape index (κ1) is 10.6. The van der Waals surface area contributed by atoms with Crippen LogP contribution in [-0.4, -0.2) is 22.9 Å². The van der Waals surface area contributed by atoms with E-state index in [9.17, 15) is 0 Å². The van der Waals surface area contributed by atoms with Crippen molar-refractivity contribution in [3.8, 4) is 0 Å². The zero-order valence-corrected chi connectivity index (χ0v) is 7.23. The van der Waals surface area contributed by atoms with Crippen molar-refractivity contribution in [1.82, 2.24) is 0 Å². The Morgan fingerprint density at radius 2 is 2.00 bits per heavy atom. The summed E-state index contributed by atoms with van der Waals surface area (Å²) in [6.45, 7) is 1.73. The Bertz CT molecular complexity index is 30.9. The molecule has 44 valence electrons. The summed E-state index contributed by atoms with van der Waals surface area (Å²) in [5.41, 5.74) is 0. The molecule has 7 heavy (non-hydrogen) atoms. The van der Waals surface area contributed by atoms with Crippen molar-refractivity contribution in [1.29, 1.82) is 0 Å². The maximum absolute atomic E-state index is 8.39. The van der Waals surface area contributed by atoms with Gasteiger partial charge < -0.3 is 10.2 Å². The molecule has 0 aromatic rings. The van der Waals surface area contributed by atoms with E-state index in [1.807, 2.05) is 0 Å². The smallest absolute Gasteiger partial charge is 0.0533 e. The van der Waals surface area contributed by atoms with Crippen molar-refractivity contribution < 1.29 is 31.3 Å². The van der Waals surface area contributed by atoms with Crippen LogP contribution in [0, 0.1) is 0 Å². The minimum Gasteiger partial charge on any atom is -0.396 e. The molecule has 3 heteroatoms. The van der Waals surface area contributed by atoms with Gasteiger partial charge in [0.05, 0.1) is 6.10 Å². The van der Waals surface area contributed by atoms with Crippen molar-refractivity contribution >= 4 is 0 Å². The maximum Gasteiger partial charge on any atom is 0.0533 e. The van der Waals surface area contributed by atoms with Crippen molar-refractivity contribution in [2.24, 2.45) is 0 Å². The molecule has 0 aliphatic rings. The Kier molecular flexibility index (Phi) is 9.97. The van der Waals surface area contributed by atoms with E-state index in [0.29, 0.717) is 6.42 Å². The molecule has 0 aliphatic heterocycles. The fraction of sp³-hybridized carbons (Fsp3) is 1.00. The molecule has 1 unspecified atom stereocenters. The van der Waals surface area contributed by atoms with Crippen molar-refractivity contribution in [2.45, 2.75) is 19.4 Å². The SMILES string of the molecule is CC(O)CCO.[W]. The van der Waals surface area contributed by atoms with Gasteiger partial charge in [0.15, 0.2) is 0 Å². The number of aliphatic hydroxyl groups is 2. The fourth-order valence-electron chi connectivity index (χ4n) is 0.187. The van der Waals surface area contributed by atoms with Crippen LogP contribution in [0.3, 0.4) is 0 Å². The third-order valence-electron chi connectivity index (χ3n) is 0.547. The minimum atomic E-state index is -0.352. The van der Waals surface area contributed by atoms with Gasteiger partial charge in [-0.2, -0.15) is 0 Å². The summed E-state index contributed by atoms with van der Waals surface area (Å²) in [5, 5.41) is 16.5. The first-order valence-electron chi connectivity index (χ1n) is 2.06. The second-order valence-electron chi connectivity index (χ2n) is 1.36. The molecule has 0 rings (SSSR count). The van der Waals surface area contributed by atoms with Crippen LogP contribution in [0.15, 0.2) is 0 Å². The normalized spacial score (nSPS) is 12.4. The van der Waals surface area contributed by atoms with Crippen molar-refractivity contribution in [2.75, 3.05) is 6.61 Å². The molecule has 0 saturated heterocycles. The van der Waals surface area contributed by atoms with Gasteiger partial charge in [0, 0.05) is 27.7 Å². The summed E-state index contributed by atoms with van der Waals surface area (Å²) in [7, 11) is 0. The van der Waals surface area contributed by atoms with E-state index in [2.05, 4.69) is 0 Å². The number of rotatable bonds is 2. The van der Waals surface area contributed by atoms with Crippen molar-refractivity contribution in [3.05, 3.63) is 0 Å². The minimum absolute atomic E-state index is 0. The molecule has 2 nitrogen and oxygen atoms in total. The van der Waals surface area contributed by atoms with Gasteiger partial charge in [-0.05, 0) is 13.3 Å². The van der Waals surface area contributed by atoms with Crippen LogP contribution < -0.4 is 0 Å². The van der Waals surface area contributed by atoms with Gasteiger partial charge >= 0.3 is 0 Å². The van der Waals surface area contributed by atoms with E-state index < -0.39 is 0 Å². The molecule has 0 aromatic carbocycles. The molecular weight excluding hydrogens is 264 g/mol. The maximum atomic E-state index is 8.39. The Hall–Kier alpha value is 0.608. The average Bonchev–Trinajstić information content (AvgIpc) is 1.35. The Balaban J connectivity index is 0. The monoisotopic (exact) mass is 274 g/mol. The van der Waals surface area contributed by atoms with Crippen LogP contribution in [-0.2, 0) is 21.1 Å². The number of hydrogen-bond acceptors (Lipinski definition) is 2. The molecule has 2 N–H and O–H groups in total. The average molecular weight is 274 g/mol. The van der Waals surface area contributed by atoms with E-state index in [-0.39, 0.29) is 33.8 Å². The Morgan fingerprint density at radius 3 is 2.00 bits per heavy atom. The van der Waals surface area contributed by atoms with E-state index >= 15 is 0 Å². The van der Waals surface area contributed by atoms with E-state index in [4.69, 9.17) is 10.2 Å². The third-order valence-corrected chi connectivity index (χ3v) is 0.547. The molecule has 0 radical (unpaired) electrons. The van der Waals surface area contributed by atoms with Crippen LogP contribution >= 0.6 is 0 Å². The summed E-state index contributed by atoms with van der Waals surface area (Å²) >= 11 is 0. The van der Waals surface area contributed by atoms with Crippen LogP contribution in [0.25, 0.3) is 0 Å². The van der Waals surface area contributed by atoms with Crippen LogP contribution in [0.4, 0.5) is 0 Å². The van der Waals surface area contributed by atoms with E-state index in [0.717, 1.165) is 0 Å². The van der Waals surface area contributed by atoms with Crippen molar-refractivity contribution in [3.63, 3.8) is 0 Å². The van der Waals surface area contributed by atoms with E-state index in [1.165, 1.54) is 0 Å². The van der Waals surface area contributed by atoms with Gasteiger partial charge in [0.1, 0.15) is 0 Å². The van der Waals surface area contributed by atoms with Gasteiger partial charge in [0.2, 0.25) is 0 Å². The van der Waals surface area contributed by atoms with E-state index in [1.54, 1.807) is 6.92 Å². The predicted molar refractivity (Wildman–Crippen MR) is 23.4 cm³/mol. The zero-order chi connectivity index (χ0) is 4.99. The van der Waals surface area contributed by atoms with Gasteiger partial charge in [-0.25, -0.2) is 0 Å². The molecule has 1 atom stereocenters. The first-order chi connectivity index (χ1) is 2.77. The number of hydrogen-bond donors (Lipinski definition) is 2. The predicted octanol–water partition coefficient (Wildman–Crippen LogP) is -0.253. The summed E-state index contributed by atoms with van der Waals surface area (Å²) < 4.78 is 0. The third kappa shape index (κ3) is 10.8. The van der Waals surface area contributed by atoms with Gasteiger partial charge in [-0.1, -0.05) is 0 Å². The molecule has 0 amide bonds. The van der Waals surface area contributed by atoms with Gasteiger partial charge in [0.25, 0.3) is 0 Å². The molecule has 0 aromatic heterocycles. The Labute approximate surface area is 57.8 Å². The molecular formula is C4H10O2W. The second kappa shape index (κ2) is 6.61. The first-order valence-corrected chi connectivity index (χ1v) is 2.06. The zero-order valence-electron chi connectivity index (χ0n) is 4.29. The molecule has 0 heterocycles. The largest absolute Gasteiger partial charge is 0.396 e. The summed E-state index contributed by atoms with van der Waals surface area (Å²) in [4.78, 5) is 0. The molecule has 0 saturated carbocycles. The van der Waals surface area contributed by atoms with Crippen LogP contribution in [0.1, 0.15) is 13.3 Å². The number of aliphatic hydroxyl groups excluding tert-OH is 2. The Morgan fingerprint density at radius 1 is 1.57 bits per heavy atom.